The third-order valence-corrected chi connectivity index (χ3v) is 2.81. The number of terminal acetylenes is 1. The van der Waals surface area contributed by atoms with Crippen LogP contribution in [0.25, 0.3) is 11.0 Å². The standard InChI is InChI=1S/C12H6F2N2O3/c1-2-6-5-18-12(17)16(6)11-7-3-4-8(13)9(14)10(7)19-15-11/h1,3-4,6H,5H2/t6-/m0/s1. The third-order valence-electron chi connectivity index (χ3n) is 2.81. The van der Waals surface area contributed by atoms with Crippen molar-refractivity contribution in [3.05, 3.63) is 23.8 Å². The number of hydrogen-bond donors (Lipinski definition) is 0. The Morgan fingerprint density at radius 1 is 1.47 bits per heavy atom. The zero-order valence-corrected chi connectivity index (χ0v) is 9.39. The Morgan fingerprint density at radius 2 is 2.26 bits per heavy atom. The summed E-state index contributed by atoms with van der Waals surface area (Å²) in [5, 5.41) is 3.73. The second-order valence-electron chi connectivity index (χ2n) is 3.87. The first kappa shape index (κ1) is 11.5. The highest BCUT2D eigenvalue weighted by molar-refractivity contribution is 5.99. The van der Waals surface area contributed by atoms with Crippen LogP contribution in [0.5, 0.6) is 0 Å². The predicted octanol–water partition coefficient (Wildman–Crippen LogP) is 2.06. The molecular formula is C12H6F2N2O3. The van der Waals surface area contributed by atoms with E-state index in [-0.39, 0.29) is 23.4 Å². The number of anilines is 1. The molecule has 2 aromatic rings. The van der Waals surface area contributed by atoms with E-state index < -0.39 is 23.8 Å². The van der Waals surface area contributed by atoms with Crippen molar-refractivity contribution < 1.29 is 22.8 Å². The Balaban J connectivity index is 2.19. The SMILES string of the molecule is C#C[C@H]1COC(=O)N1c1noc2c(F)c(F)ccc12. The fraction of sp³-hybridized carbons (Fsp3) is 0.167. The van der Waals surface area contributed by atoms with Crippen molar-refractivity contribution in [1.29, 1.82) is 0 Å². The van der Waals surface area contributed by atoms with E-state index in [1.807, 2.05) is 0 Å². The molecule has 3 rings (SSSR count). The molecular weight excluding hydrogens is 258 g/mol. The van der Waals surface area contributed by atoms with Gasteiger partial charge in [0.2, 0.25) is 11.4 Å². The van der Waals surface area contributed by atoms with E-state index in [4.69, 9.17) is 15.7 Å². The normalized spacial score (nSPS) is 18.7. The van der Waals surface area contributed by atoms with Crippen LogP contribution in [0, 0.1) is 24.0 Å². The number of halogens is 2. The van der Waals surface area contributed by atoms with Crippen LogP contribution in [0.3, 0.4) is 0 Å². The van der Waals surface area contributed by atoms with E-state index in [9.17, 15) is 13.6 Å². The van der Waals surface area contributed by atoms with Crippen LogP contribution in [-0.4, -0.2) is 23.9 Å². The van der Waals surface area contributed by atoms with Crippen molar-refractivity contribution in [3.63, 3.8) is 0 Å². The van der Waals surface area contributed by atoms with Gasteiger partial charge in [-0.2, -0.15) is 4.39 Å². The van der Waals surface area contributed by atoms with E-state index in [0.717, 1.165) is 11.0 Å². The Hall–Kier alpha value is -2.62. The summed E-state index contributed by atoms with van der Waals surface area (Å²) in [4.78, 5) is 12.7. The van der Waals surface area contributed by atoms with Crippen LogP contribution in [0.2, 0.25) is 0 Å². The Kier molecular flexibility index (Phi) is 2.38. The lowest BCUT2D eigenvalue weighted by atomic mass is 10.2. The van der Waals surface area contributed by atoms with Gasteiger partial charge in [-0.3, -0.25) is 0 Å². The minimum Gasteiger partial charge on any atom is -0.446 e. The molecule has 1 aliphatic heterocycles. The average Bonchev–Trinajstić information content (AvgIpc) is 2.97. The van der Waals surface area contributed by atoms with E-state index in [1.54, 1.807) is 0 Å². The van der Waals surface area contributed by atoms with Crippen LogP contribution in [-0.2, 0) is 4.74 Å². The fourth-order valence-corrected chi connectivity index (χ4v) is 1.89. The van der Waals surface area contributed by atoms with Gasteiger partial charge in [-0.05, 0) is 12.1 Å². The van der Waals surface area contributed by atoms with Gasteiger partial charge in [0.15, 0.2) is 11.6 Å². The van der Waals surface area contributed by atoms with Crippen molar-refractivity contribution in [2.75, 3.05) is 11.5 Å². The lowest BCUT2D eigenvalue weighted by Gasteiger charge is -2.13. The van der Waals surface area contributed by atoms with Crippen LogP contribution in [0.1, 0.15) is 0 Å². The molecule has 0 spiro atoms. The first-order chi connectivity index (χ1) is 9.13. The Bertz CT molecular complexity index is 720. The lowest BCUT2D eigenvalue weighted by Crippen LogP contribution is -2.32. The second-order valence-corrected chi connectivity index (χ2v) is 3.87. The number of benzene rings is 1. The highest BCUT2D eigenvalue weighted by atomic mass is 19.2. The first-order valence-electron chi connectivity index (χ1n) is 5.29. The monoisotopic (exact) mass is 264 g/mol. The van der Waals surface area contributed by atoms with Gasteiger partial charge in [-0.25, -0.2) is 14.1 Å². The Labute approximate surface area is 105 Å². The van der Waals surface area contributed by atoms with Gasteiger partial charge < -0.3 is 9.26 Å². The fourth-order valence-electron chi connectivity index (χ4n) is 1.89. The number of ether oxygens (including phenoxy) is 1. The van der Waals surface area contributed by atoms with Gasteiger partial charge in [-0.15, -0.1) is 6.42 Å². The van der Waals surface area contributed by atoms with Crippen molar-refractivity contribution in [2.24, 2.45) is 0 Å². The quantitative estimate of drug-likeness (QED) is 0.740. The average molecular weight is 264 g/mol. The van der Waals surface area contributed by atoms with Gasteiger partial charge in [0, 0.05) is 0 Å². The van der Waals surface area contributed by atoms with E-state index in [0.29, 0.717) is 0 Å². The minimum absolute atomic E-state index is 0.00731. The number of aromatic nitrogens is 1. The van der Waals surface area contributed by atoms with E-state index >= 15 is 0 Å². The molecule has 1 amide bonds. The molecule has 0 saturated carbocycles. The molecule has 1 aromatic heterocycles. The van der Waals surface area contributed by atoms with E-state index in [1.165, 1.54) is 6.07 Å². The van der Waals surface area contributed by atoms with Gasteiger partial charge in [0.05, 0.1) is 5.39 Å². The number of cyclic esters (lactones) is 1. The molecule has 7 heteroatoms. The molecule has 1 aromatic carbocycles. The van der Waals surface area contributed by atoms with Crippen LogP contribution < -0.4 is 4.90 Å². The number of carbonyl (C=O) groups is 1. The summed E-state index contributed by atoms with van der Waals surface area (Å²) >= 11 is 0. The molecule has 0 unspecified atom stereocenters. The summed E-state index contributed by atoms with van der Waals surface area (Å²) in [5.41, 5.74) is -0.370. The van der Waals surface area contributed by atoms with Crippen molar-refractivity contribution >= 4 is 22.9 Å². The summed E-state index contributed by atoms with van der Waals surface area (Å²) in [6, 6.07) is 1.53. The number of rotatable bonds is 1. The number of fused-ring (bicyclic) bond motifs is 1. The summed E-state index contributed by atoms with van der Waals surface area (Å²) in [6.07, 6.45) is 4.57. The largest absolute Gasteiger partial charge is 0.446 e. The summed E-state index contributed by atoms with van der Waals surface area (Å²) < 4.78 is 36.1. The second kappa shape index (κ2) is 3.95. The highest BCUT2D eigenvalue weighted by Gasteiger charge is 2.36. The van der Waals surface area contributed by atoms with Gasteiger partial charge >= 0.3 is 6.09 Å². The van der Waals surface area contributed by atoms with Gasteiger partial charge in [0.1, 0.15) is 12.6 Å². The minimum atomic E-state index is -1.17. The van der Waals surface area contributed by atoms with Gasteiger partial charge in [-0.1, -0.05) is 11.1 Å². The predicted molar refractivity (Wildman–Crippen MR) is 60.4 cm³/mol. The van der Waals surface area contributed by atoms with Gasteiger partial charge in [0.25, 0.3) is 0 Å². The molecule has 0 aliphatic carbocycles. The summed E-state index contributed by atoms with van der Waals surface area (Å²) in [5.74, 6) is 0.139. The molecule has 19 heavy (non-hydrogen) atoms. The first-order valence-corrected chi connectivity index (χ1v) is 5.29. The molecule has 1 aliphatic rings. The molecule has 96 valence electrons. The summed E-state index contributed by atoms with van der Waals surface area (Å²) in [6.45, 7) is 0.00731. The lowest BCUT2D eigenvalue weighted by molar-refractivity contribution is 0.180. The third kappa shape index (κ3) is 1.53. The molecule has 1 atom stereocenters. The van der Waals surface area contributed by atoms with Crippen molar-refractivity contribution in [2.45, 2.75) is 6.04 Å². The molecule has 0 bridgehead atoms. The zero-order chi connectivity index (χ0) is 13.6. The molecule has 1 saturated heterocycles. The van der Waals surface area contributed by atoms with Crippen LogP contribution in [0.4, 0.5) is 19.4 Å². The molecule has 5 nitrogen and oxygen atoms in total. The van der Waals surface area contributed by atoms with Crippen molar-refractivity contribution in [3.8, 4) is 12.3 Å². The smallest absolute Gasteiger partial charge is 0.416 e. The maximum absolute atomic E-state index is 13.5. The van der Waals surface area contributed by atoms with Crippen molar-refractivity contribution in [1.82, 2.24) is 5.16 Å². The van der Waals surface area contributed by atoms with Crippen LogP contribution in [0.15, 0.2) is 16.7 Å². The number of hydrogen-bond acceptors (Lipinski definition) is 4. The van der Waals surface area contributed by atoms with E-state index in [2.05, 4.69) is 11.1 Å². The maximum atomic E-state index is 13.5. The van der Waals surface area contributed by atoms with Crippen LogP contribution >= 0.6 is 0 Å². The molecule has 1 fully saturated rings. The number of nitrogens with zero attached hydrogens (tertiary/aromatic N) is 2. The highest BCUT2D eigenvalue weighted by Crippen LogP contribution is 2.32. The molecule has 2 heterocycles. The maximum Gasteiger partial charge on any atom is 0.416 e. The molecule has 0 N–H and O–H groups in total. The number of carbonyl (C=O) groups excluding carboxylic acids is 1. The topological polar surface area (TPSA) is 55.6 Å². The summed E-state index contributed by atoms with van der Waals surface area (Å²) in [7, 11) is 0. The molecule has 0 radical (unpaired) electrons. The Morgan fingerprint density at radius 3 is 3.00 bits per heavy atom. The number of amides is 1. The zero-order valence-electron chi connectivity index (χ0n) is 9.39.